The van der Waals surface area contributed by atoms with Crippen LogP contribution in [0.25, 0.3) is 0 Å². The van der Waals surface area contributed by atoms with E-state index in [9.17, 15) is 18.4 Å². The van der Waals surface area contributed by atoms with Crippen molar-refractivity contribution in [2.45, 2.75) is 39.2 Å². The molecule has 2 aromatic rings. The Balaban J connectivity index is 2.11. The van der Waals surface area contributed by atoms with Crippen LogP contribution in [0.3, 0.4) is 0 Å². The largest absolute Gasteiger partial charge is 0.449 e. The minimum absolute atomic E-state index is 0.236. The molecule has 1 N–H and O–H groups in total. The van der Waals surface area contributed by atoms with Crippen LogP contribution in [0.15, 0.2) is 36.4 Å². The number of hydrogen-bond donors (Lipinski definition) is 1. The third-order valence-corrected chi connectivity index (χ3v) is 4.56. The third kappa shape index (κ3) is 5.04. The van der Waals surface area contributed by atoms with E-state index in [2.05, 4.69) is 5.32 Å². The van der Waals surface area contributed by atoms with Crippen molar-refractivity contribution in [1.29, 1.82) is 0 Å². The SMILES string of the molecule is CC[C@H](C)c1ccccc1NC(=O)[C@@H](C)OC(=O)c1cc(F)c(F)cc1Cl. The van der Waals surface area contributed by atoms with Gasteiger partial charge in [0.05, 0.1) is 10.6 Å². The molecule has 0 fully saturated rings. The lowest BCUT2D eigenvalue weighted by atomic mass is 9.97. The first-order valence-electron chi connectivity index (χ1n) is 8.49. The first kappa shape index (κ1) is 20.8. The first-order valence-corrected chi connectivity index (χ1v) is 8.87. The Bertz CT molecular complexity index is 857. The Kier molecular flexibility index (Phi) is 6.91. The predicted molar refractivity (Wildman–Crippen MR) is 100 cm³/mol. The van der Waals surface area contributed by atoms with Crippen LogP contribution in [0, 0.1) is 11.6 Å². The lowest BCUT2D eigenvalue weighted by Crippen LogP contribution is -2.30. The zero-order valence-electron chi connectivity index (χ0n) is 15.2. The standard InChI is InChI=1S/C20H20ClF2NO3/c1-4-11(2)13-7-5-6-8-18(13)24-19(25)12(3)27-20(26)14-9-16(22)17(23)10-15(14)21/h5-12H,4H2,1-3H3,(H,24,25)/t11-,12+/m0/s1. The second-order valence-electron chi connectivity index (χ2n) is 6.18. The number of rotatable bonds is 6. The molecule has 27 heavy (non-hydrogen) atoms. The van der Waals surface area contributed by atoms with Crippen molar-refractivity contribution in [3.05, 3.63) is 64.2 Å². The monoisotopic (exact) mass is 395 g/mol. The molecule has 2 aromatic carbocycles. The predicted octanol–water partition coefficient (Wildman–Crippen LogP) is 5.32. The lowest BCUT2D eigenvalue weighted by molar-refractivity contribution is -0.123. The Morgan fingerprint density at radius 1 is 1.15 bits per heavy atom. The summed E-state index contributed by atoms with van der Waals surface area (Å²) in [5.74, 6) is -3.73. The summed E-state index contributed by atoms with van der Waals surface area (Å²) in [6, 6.07) is 8.68. The van der Waals surface area contributed by atoms with Crippen molar-refractivity contribution < 1.29 is 23.1 Å². The molecule has 2 rings (SSSR count). The summed E-state index contributed by atoms with van der Waals surface area (Å²) in [7, 11) is 0. The van der Waals surface area contributed by atoms with Gasteiger partial charge in [0.15, 0.2) is 17.7 Å². The van der Waals surface area contributed by atoms with E-state index in [0.717, 1.165) is 12.0 Å². The van der Waals surface area contributed by atoms with Crippen molar-refractivity contribution >= 4 is 29.2 Å². The van der Waals surface area contributed by atoms with E-state index in [1.54, 1.807) is 12.1 Å². The summed E-state index contributed by atoms with van der Waals surface area (Å²) in [6.45, 7) is 5.46. The highest BCUT2D eigenvalue weighted by molar-refractivity contribution is 6.33. The van der Waals surface area contributed by atoms with Gasteiger partial charge in [-0.3, -0.25) is 4.79 Å². The molecule has 0 spiro atoms. The number of benzene rings is 2. The van der Waals surface area contributed by atoms with Gasteiger partial charge in [-0.25, -0.2) is 13.6 Å². The number of esters is 1. The number of ether oxygens (including phenoxy) is 1. The zero-order valence-corrected chi connectivity index (χ0v) is 15.9. The maximum Gasteiger partial charge on any atom is 0.340 e. The molecule has 0 aliphatic heterocycles. The van der Waals surface area contributed by atoms with E-state index in [4.69, 9.17) is 16.3 Å². The van der Waals surface area contributed by atoms with Crippen molar-refractivity contribution in [3.63, 3.8) is 0 Å². The number of carbonyl (C=O) groups excluding carboxylic acids is 2. The van der Waals surface area contributed by atoms with Crippen molar-refractivity contribution in [2.24, 2.45) is 0 Å². The van der Waals surface area contributed by atoms with E-state index < -0.39 is 29.6 Å². The molecule has 7 heteroatoms. The van der Waals surface area contributed by atoms with Crippen LogP contribution in [0.5, 0.6) is 0 Å². The average Bonchev–Trinajstić information content (AvgIpc) is 2.64. The molecule has 0 aromatic heterocycles. The fourth-order valence-corrected chi connectivity index (χ4v) is 2.68. The van der Waals surface area contributed by atoms with Gasteiger partial charge in [0, 0.05) is 5.69 Å². The Hall–Kier alpha value is -2.47. The minimum Gasteiger partial charge on any atom is -0.449 e. The van der Waals surface area contributed by atoms with E-state index in [-0.39, 0.29) is 16.5 Å². The van der Waals surface area contributed by atoms with E-state index >= 15 is 0 Å². The molecule has 0 aliphatic rings. The summed E-state index contributed by atoms with van der Waals surface area (Å²) < 4.78 is 31.5. The molecule has 0 heterocycles. The molecule has 0 saturated carbocycles. The summed E-state index contributed by atoms with van der Waals surface area (Å²) in [4.78, 5) is 24.5. The number of nitrogens with one attached hydrogen (secondary N) is 1. The van der Waals surface area contributed by atoms with Gasteiger partial charge in [-0.05, 0) is 43.0 Å². The summed E-state index contributed by atoms with van der Waals surface area (Å²) in [5, 5.41) is 2.44. The lowest BCUT2D eigenvalue weighted by Gasteiger charge is -2.18. The highest BCUT2D eigenvalue weighted by atomic mass is 35.5. The number of halogens is 3. The fraction of sp³-hybridized carbons (Fsp3) is 0.300. The van der Waals surface area contributed by atoms with Gasteiger partial charge >= 0.3 is 5.97 Å². The molecular formula is C20H20ClF2NO3. The van der Waals surface area contributed by atoms with E-state index in [0.29, 0.717) is 17.8 Å². The molecule has 144 valence electrons. The topological polar surface area (TPSA) is 55.4 Å². The van der Waals surface area contributed by atoms with E-state index in [1.165, 1.54) is 6.92 Å². The number of anilines is 1. The molecule has 4 nitrogen and oxygen atoms in total. The van der Waals surface area contributed by atoms with Gasteiger partial charge < -0.3 is 10.1 Å². The Morgan fingerprint density at radius 3 is 2.44 bits per heavy atom. The average molecular weight is 396 g/mol. The fourth-order valence-electron chi connectivity index (χ4n) is 2.45. The Labute approximate surface area is 161 Å². The molecule has 0 radical (unpaired) electrons. The van der Waals surface area contributed by atoms with Gasteiger partial charge in [-0.1, -0.05) is 43.6 Å². The second-order valence-corrected chi connectivity index (χ2v) is 6.59. The van der Waals surface area contributed by atoms with Crippen LogP contribution < -0.4 is 5.32 Å². The molecule has 0 saturated heterocycles. The maximum absolute atomic E-state index is 13.3. The number of para-hydroxylation sites is 1. The third-order valence-electron chi connectivity index (χ3n) is 4.24. The quantitative estimate of drug-likeness (QED) is 0.532. The van der Waals surface area contributed by atoms with Gasteiger partial charge in [0.2, 0.25) is 0 Å². The normalized spacial score (nSPS) is 13.0. The summed E-state index contributed by atoms with van der Waals surface area (Å²) in [6.07, 6.45) is -0.266. The van der Waals surface area contributed by atoms with Crippen LogP contribution in [-0.4, -0.2) is 18.0 Å². The Morgan fingerprint density at radius 2 is 1.78 bits per heavy atom. The smallest absolute Gasteiger partial charge is 0.340 e. The highest BCUT2D eigenvalue weighted by Crippen LogP contribution is 2.27. The molecule has 0 unspecified atom stereocenters. The van der Waals surface area contributed by atoms with Crippen molar-refractivity contribution in [3.8, 4) is 0 Å². The molecule has 0 aliphatic carbocycles. The van der Waals surface area contributed by atoms with Crippen LogP contribution >= 0.6 is 11.6 Å². The van der Waals surface area contributed by atoms with Crippen LogP contribution in [0.2, 0.25) is 5.02 Å². The summed E-state index contributed by atoms with van der Waals surface area (Å²) in [5.41, 5.74) is 1.25. The zero-order chi connectivity index (χ0) is 20.1. The number of carbonyl (C=O) groups is 2. The van der Waals surface area contributed by atoms with Gasteiger partial charge in [-0.2, -0.15) is 0 Å². The highest BCUT2D eigenvalue weighted by Gasteiger charge is 2.23. The van der Waals surface area contributed by atoms with E-state index in [1.807, 2.05) is 26.0 Å². The molecule has 0 bridgehead atoms. The minimum atomic E-state index is -1.23. The van der Waals surface area contributed by atoms with Gasteiger partial charge in [0.1, 0.15) is 0 Å². The van der Waals surface area contributed by atoms with Gasteiger partial charge in [0.25, 0.3) is 5.91 Å². The van der Waals surface area contributed by atoms with Crippen LogP contribution in [0.1, 0.15) is 49.0 Å². The number of hydrogen-bond acceptors (Lipinski definition) is 3. The van der Waals surface area contributed by atoms with Gasteiger partial charge in [-0.15, -0.1) is 0 Å². The summed E-state index contributed by atoms with van der Waals surface area (Å²) >= 11 is 5.75. The molecule has 1 amide bonds. The van der Waals surface area contributed by atoms with Crippen molar-refractivity contribution in [2.75, 3.05) is 5.32 Å². The van der Waals surface area contributed by atoms with Crippen LogP contribution in [-0.2, 0) is 9.53 Å². The maximum atomic E-state index is 13.3. The van der Waals surface area contributed by atoms with Crippen LogP contribution in [0.4, 0.5) is 14.5 Å². The molecule has 2 atom stereocenters. The number of amides is 1. The van der Waals surface area contributed by atoms with Crippen molar-refractivity contribution in [1.82, 2.24) is 0 Å². The first-order chi connectivity index (χ1) is 12.7. The second kappa shape index (κ2) is 8.95. The molecular weight excluding hydrogens is 376 g/mol.